The van der Waals surface area contributed by atoms with Crippen LogP contribution in [0, 0.1) is 5.92 Å². The standard InChI is InChI=1S/C13H17NO4S/c1-7(2)4-10(13(17)18)14-12(16)11-5-9(6-19-11)8(3)15/h5-7,10H,4H2,1-3H3,(H,14,16)(H,17,18). The Morgan fingerprint density at radius 3 is 2.42 bits per heavy atom. The number of ketones is 1. The zero-order valence-electron chi connectivity index (χ0n) is 11.1. The quantitative estimate of drug-likeness (QED) is 0.784. The first-order valence-corrected chi connectivity index (χ1v) is 6.82. The van der Waals surface area contributed by atoms with E-state index in [9.17, 15) is 14.4 Å². The molecule has 0 saturated carbocycles. The smallest absolute Gasteiger partial charge is 0.326 e. The maximum absolute atomic E-state index is 11.9. The molecule has 104 valence electrons. The maximum Gasteiger partial charge on any atom is 0.326 e. The third kappa shape index (κ3) is 4.48. The predicted octanol–water partition coefficient (Wildman–Crippen LogP) is 2.18. The largest absolute Gasteiger partial charge is 0.480 e. The van der Waals surface area contributed by atoms with E-state index in [1.807, 2.05) is 13.8 Å². The van der Waals surface area contributed by atoms with Gasteiger partial charge in [-0.15, -0.1) is 11.3 Å². The average molecular weight is 283 g/mol. The van der Waals surface area contributed by atoms with Gasteiger partial charge in [-0.3, -0.25) is 9.59 Å². The van der Waals surface area contributed by atoms with E-state index in [2.05, 4.69) is 5.32 Å². The van der Waals surface area contributed by atoms with Gasteiger partial charge in [0.1, 0.15) is 6.04 Å². The van der Waals surface area contributed by atoms with Gasteiger partial charge < -0.3 is 10.4 Å². The summed E-state index contributed by atoms with van der Waals surface area (Å²) in [5.41, 5.74) is 0.464. The van der Waals surface area contributed by atoms with Gasteiger partial charge >= 0.3 is 5.97 Å². The first-order valence-electron chi connectivity index (χ1n) is 5.94. The molecular weight excluding hydrogens is 266 g/mol. The summed E-state index contributed by atoms with van der Waals surface area (Å²) in [6, 6.07) is 0.576. The molecule has 1 unspecified atom stereocenters. The van der Waals surface area contributed by atoms with Crippen molar-refractivity contribution < 1.29 is 19.5 Å². The highest BCUT2D eigenvalue weighted by Crippen LogP contribution is 2.16. The van der Waals surface area contributed by atoms with Gasteiger partial charge in [-0.1, -0.05) is 13.8 Å². The second-order valence-electron chi connectivity index (χ2n) is 4.75. The summed E-state index contributed by atoms with van der Waals surface area (Å²) in [5, 5.41) is 13.1. The number of carboxylic acid groups (broad SMARTS) is 1. The third-order valence-electron chi connectivity index (χ3n) is 2.54. The van der Waals surface area contributed by atoms with E-state index in [0.29, 0.717) is 16.9 Å². The molecule has 1 heterocycles. The summed E-state index contributed by atoms with van der Waals surface area (Å²) in [5.74, 6) is -1.46. The molecule has 0 aliphatic carbocycles. The van der Waals surface area contributed by atoms with E-state index in [1.165, 1.54) is 13.0 Å². The number of rotatable bonds is 6. The Morgan fingerprint density at radius 1 is 1.37 bits per heavy atom. The number of thiophene rings is 1. The first kappa shape index (κ1) is 15.4. The van der Waals surface area contributed by atoms with Gasteiger partial charge in [-0.2, -0.15) is 0 Å². The molecule has 0 saturated heterocycles. The van der Waals surface area contributed by atoms with E-state index in [4.69, 9.17) is 5.11 Å². The van der Waals surface area contributed by atoms with Crippen LogP contribution in [-0.2, 0) is 4.79 Å². The summed E-state index contributed by atoms with van der Waals surface area (Å²) in [6.07, 6.45) is 0.367. The SMILES string of the molecule is CC(=O)c1csc(C(=O)NC(CC(C)C)C(=O)O)c1. The second kappa shape index (κ2) is 6.47. The Hall–Kier alpha value is -1.69. The Bertz CT molecular complexity index is 493. The fourth-order valence-electron chi connectivity index (χ4n) is 1.56. The van der Waals surface area contributed by atoms with Gasteiger partial charge in [0.05, 0.1) is 4.88 Å². The van der Waals surface area contributed by atoms with E-state index in [1.54, 1.807) is 5.38 Å². The van der Waals surface area contributed by atoms with E-state index in [0.717, 1.165) is 11.3 Å². The summed E-state index contributed by atoms with van der Waals surface area (Å²) in [7, 11) is 0. The fourth-order valence-corrected chi connectivity index (χ4v) is 2.41. The minimum Gasteiger partial charge on any atom is -0.480 e. The molecule has 19 heavy (non-hydrogen) atoms. The Morgan fingerprint density at radius 2 is 2.00 bits per heavy atom. The summed E-state index contributed by atoms with van der Waals surface area (Å²) in [6.45, 7) is 5.20. The number of Topliss-reactive ketones (excluding diaryl/α,β-unsaturated/α-hetero) is 1. The molecule has 5 nitrogen and oxygen atoms in total. The van der Waals surface area contributed by atoms with Crippen molar-refractivity contribution in [2.24, 2.45) is 5.92 Å². The summed E-state index contributed by atoms with van der Waals surface area (Å²) < 4.78 is 0. The minimum absolute atomic E-state index is 0.118. The van der Waals surface area contributed by atoms with Crippen molar-refractivity contribution in [1.29, 1.82) is 0 Å². The predicted molar refractivity (Wildman–Crippen MR) is 72.7 cm³/mol. The van der Waals surface area contributed by atoms with Crippen molar-refractivity contribution in [1.82, 2.24) is 5.32 Å². The highest BCUT2D eigenvalue weighted by atomic mass is 32.1. The van der Waals surface area contributed by atoms with Crippen LogP contribution < -0.4 is 5.32 Å². The minimum atomic E-state index is -1.05. The van der Waals surface area contributed by atoms with Crippen molar-refractivity contribution in [2.45, 2.75) is 33.2 Å². The Labute approximate surface area is 115 Å². The zero-order valence-corrected chi connectivity index (χ0v) is 11.9. The number of carbonyl (C=O) groups is 3. The zero-order chi connectivity index (χ0) is 14.6. The van der Waals surface area contributed by atoms with E-state index < -0.39 is 17.9 Å². The molecule has 0 spiro atoms. The van der Waals surface area contributed by atoms with Crippen LogP contribution in [0.4, 0.5) is 0 Å². The van der Waals surface area contributed by atoms with Crippen molar-refractivity contribution in [3.63, 3.8) is 0 Å². The molecule has 1 atom stereocenters. The van der Waals surface area contributed by atoms with Gasteiger partial charge in [0.15, 0.2) is 5.78 Å². The molecule has 6 heteroatoms. The first-order chi connectivity index (χ1) is 8.81. The molecule has 0 aromatic carbocycles. The lowest BCUT2D eigenvalue weighted by Gasteiger charge is -2.15. The Balaban J connectivity index is 2.75. The summed E-state index contributed by atoms with van der Waals surface area (Å²) in [4.78, 5) is 34.4. The lowest BCUT2D eigenvalue weighted by Crippen LogP contribution is -2.41. The van der Waals surface area contributed by atoms with Crippen LogP contribution in [0.3, 0.4) is 0 Å². The van der Waals surface area contributed by atoms with Crippen molar-refractivity contribution in [3.8, 4) is 0 Å². The van der Waals surface area contributed by atoms with Crippen LogP contribution in [0.2, 0.25) is 0 Å². The van der Waals surface area contributed by atoms with Gasteiger partial charge in [0.2, 0.25) is 0 Å². The average Bonchev–Trinajstić information content (AvgIpc) is 2.76. The van der Waals surface area contributed by atoms with Crippen LogP contribution in [-0.4, -0.2) is 28.8 Å². The number of aliphatic carboxylic acids is 1. The topological polar surface area (TPSA) is 83.5 Å². The van der Waals surface area contributed by atoms with Crippen LogP contribution in [0.25, 0.3) is 0 Å². The number of hydrogen-bond donors (Lipinski definition) is 2. The van der Waals surface area contributed by atoms with Crippen LogP contribution in [0.15, 0.2) is 11.4 Å². The number of carbonyl (C=O) groups excluding carboxylic acids is 2. The van der Waals surface area contributed by atoms with Crippen molar-refractivity contribution in [3.05, 3.63) is 21.9 Å². The second-order valence-corrected chi connectivity index (χ2v) is 5.66. The lowest BCUT2D eigenvalue weighted by molar-refractivity contribution is -0.139. The number of hydrogen-bond acceptors (Lipinski definition) is 4. The van der Waals surface area contributed by atoms with Gasteiger partial charge in [0.25, 0.3) is 5.91 Å². The van der Waals surface area contributed by atoms with E-state index in [-0.39, 0.29) is 11.7 Å². The normalized spacial score (nSPS) is 12.2. The monoisotopic (exact) mass is 283 g/mol. The molecule has 0 fully saturated rings. The molecule has 1 rings (SSSR count). The van der Waals surface area contributed by atoms with Crippen LogP contribution in [0.5, 0.6) is 0 Å². The molecule has 1 aromatic heterocycles. The highest BCUT2D eigenvalue weighted by molar-refractivity contribution is 7.12. The molecule has 1 amide bonds. The molecule has 0 aliphatic heterocycles. The van der Waals surface area contributed by atoms with Crippen molar-refractivity contribution in [2.75, 3.05) is 0 Å². The van der Waals surface area contributed by atoms with Gasteiger partial charge in [0, 0.05) is 10.9 Å². The van der Waals surface area contributed by atoms with Gasteiger partial charge in [-0.05, 0) is 25.3 Å². The van der Waals surface area contributed by atoms with Crippen LogP contribution in [0.1, 0.15) is 47.2 Å². The number of carboxylic acids is 1. The van der Waals surface area contributed by atoms with Gasteiger partial charge in [-0.25, -0.2) is 4.79 Å². The molecule has 0 radical (unpaired) electrons. The van der Waals surface area contributed by atoms with E-state index >= 15 is 0 Å². The molecule has 0 aliphatic rings. The molecular formula is C13H17NO4S. The third-order valence-corrected chi connectivity index (χ3v) is 3.47. The fraction of sp³-hybridized carbons (Fsp3) is 0.462. The van der Waals surface area contributed by atoms with Crippen LogP contribution >= 0.6 is 11.3 Å². The lowest BCUT2D eigenvalue weighted by atomic mass is 10.0. The maximum atomic E-state index is 11.9. The number of nitrogens with one attached hydrogen (secondary N) is 1. The molecule has 2 N–H and O–H groups in total. The highest BCUT2D eigenvalue weighted by Gasteiger charge is 2.22. The van der Waals surface area contributed by atoms with Crippen molar-refractivity contribution >= 4 is 29.0 Å². The number of amides is 1. The summed E-state index contributed by atoms with van der Waals surface area (Å²) >= 11 is 1.13. The Kier molecular flexibility index (Phi) is 5.23. The molecule has 1 aromatic rings. The molecule has 0 bridgehead atoms.